The Bertz CT molecular complexity index is 448. The topological polar surface area (TPSA) is 203 Å². The summed E-state index contributed by atoms with van der Waals surface area (Å²) in [4.78, 5) is 27.0. The van der Waals surface area contributed by atoms with Gasteiger partial charge < -0.3 is 33.1 Å². The van der Waals surface area contributed by atoms with E-state index in [4.69, 9.17) is 33.1 Å². The first kappa shape index (κ1) is 18.2. The maximum atomic E-state index is 11.2. The van der Waals surface area contributed by atoms with E-state index >= 15 is 0 Å². The summed E-state index contributed by atoms with van der Waals surface area (Å²) in [6.45, 7) is 0. The van der Waals surface area contributed by atoms with Crippen LogP contribution < -0.4 is 22.9 Å². The van der Waals surface area contributed by atoms with Gasteiger partial charge in [-0.2, -0.15) is 12.6 Å². The fourth-order valence-electron chi connectivity index (χ4n) is 1.23. The number of rotatable bonds is 7. The number of hydrogen-bond acceptors (Lipinski definition) is 6. The Morgan fingerprint density at radius 1 is 1.15 bits per heavy atom. The molecule has 0 aromatic carbocycles. The molecule has 0 rings (SSSR count). The van der Waals surface area contributed by atoms with E-state index in [1.165, 1.54) is 0 Å². The molecule has 0 aliphatic rings. The van der Waals surface area contributed by atoms with Crippen LogP contribution in [0.15, 0.2) is 9.98 Å². The first-order valence-corrected chi connectivity index (χ1v) is 6.03. The van der Waals surface area contributed by atoms with Crippen molar-refractivity contribution in [2.75, 3.05) is 0 Å². The summed E-state index contributed by atoms with van der Waals surface area (Å²) >= 11 is 7.85. The van der Waals surface area contributed by atoms with Crippen LogP contribution in [0.5, 0.6) is 0 Å². The quantitative estimate of drug-likeness (QED) is 0.141. The van der Waals surface area contributed by atoms with Crippen molar-refractivity contribution in [3.8, 4) is 0 Å². The van der Waals surface area contributed by atoms with E-state index < -0.39 is 40.0 Å². The van der Waals surface area contributed by atoms with E-state index in [2.05, 4.69) is 35.2 Å². The normalized spacial score (nSPS) is 16.3. The first-order valence-electron chi connectivity index (χ1n) is 5.06. The molecule has 0 saturated heterocycles. The van der Waals surface area contributed by atoms with Gasteiger partial charge in [-0.3, -0.25) is 0 Å². The number of carboxylic acids is 2. The molecule has 20 heavy (non-hydrogen) atoms. The number of thiol groups is 2. The van der Waals surface area contributed by atoms with Gasteiger partial charge in [-0.25, -0.2) is 19.6 Å². The highest BCUT2D eigenvalue weighted by Gasteiger charge is 2.43. The van der Waals surface area contributed by atoms with E-state index in [-0.39, 0.29) is 6.42 Å². The van der Waals surface area contributed by atoms with Crippen molar-refractivity contribution in [2.45, 2.75) is 22.6 Å². The molecule has 10 N–H and O–H groups in total. The lowest BCUT2D eigenvalue weighted by atomic mass is 10.1. The summed E-state index contributed by atoms with van der Waals surface area (Å²) in [5, 5.41) is 16.9. The van der Waals surface area contributed by atoms with Gasteiger partial charge in [0.2, 0.25) is 4.87 Å². The third-order valence-electron chi connectivity index (χ3n) is 2.12. The lowest BCUT2D eigenvalue weighted by Crippen LogP contribution is -2.45. The Kier molecular flexibility index (Phi) is 6.45. The summed E-state index contributed by atoms with van der Waals surface area (Å²) in [7, 11) is 0. The third-order valence-corrected chi connectivity index (χ3v) is 3.51. The zero-order valence-corrected chi connectivity index (χ0v) is 12.0. The molecule has 0 unspecified atom stereocenters. The molecule has 0 bridgehead atoms. The summed E-state index contributed by atoms with van der Waals surface area (Å²) in [5.74, 6) is -3.85. The minimum atomic E-state index is -2.12. The fraction of sp³-hybridized carbons (Fsp3) is 0.500. The average Bonchev–Trinajstić information content (AvgIpc) is 2.25. The van der Waals surface area contributed by atoms with Crippen molar-refractivity contribution in [1.82, 2.24) is 0 Å². The zero-order chi connectivity index (χ0) is 16.1. The molecule has 0 radical (unpaired) electrons. The van der Waals surface area contributed by atoms with Crippen molar-refractivity contribution in [2.24, 2.45) is 32.9 Å². The number of aliphatic imine (C=N–C) groups is 2. The van der Waals surface area contributed by atoms with Crippen molar-refractivity contribution in [3.05, 3.63) is 0 Å². The van der Waals surface area contributed by atoms with Crippen molar-refractivity contribution in [3.63, 3.8) is 0 Å². The molecule has 3 atom stereocenters. The van der Waals surface area contributed by atoms with Gasteiger partial charge in [-0.05, 0) is 6.42 Å². The van der Waals surface area contributed by atoms with E-state index in [0.717, 1.165) is 0 Å². The molecule has 0 aliphatic carbocycles. The van der Waals surface area contributed by atoms with Gasteiger partial charge in [0.15, 0.2) is 18.0 Å². The van der Waals surface area contributed by atoms with E-state index in [0.29, 0.717) is 0 Å². The number of carbonyl (C=O) groups is 2. The maximum absolute atomic E-state index is 11.2. The third kappa shape index (κ3) is 5.05. The zero-order valence-electron chi connectivity index (χ0n) is 10.2. The highest BCUT2D eigenvalue weighted by Crippen LogP contribution is 2.30. The summed E-state index contributed by atoms with van der Waals surface area (Å²) in [5.41, 5.74) is 20.4. The van der Waals surface area contributed by atoms with Crippen LogP contribution in [0, 0.1) is 0 Å². The molecule has 12 heteroatoms. The number of guanidine groups is 2. The summed E-state index contributed by atoms with van der Waals surface area (Å²) in [6, 6.07) is -1.40. The summed E-state index contributed by atoms with van der Waals surface area (Å²) < 4.78 is 0. The lowest BCUT2D eigenvalue weighted by molar-refractivity contribution is -0.141. The molecule has 0 spiro atoms. The number of hydrogen-bond donors (Lipinski definition) is 8. The molecule has 0 saturated carbocycles. The molecule has 0 aromatic heterocycles. The monoisotopic (exact) mass is 324 g/mol. The molecule has 10 nitrogen and oxygen atoms in total. The second-order valence-electron chi connectivity index (χ2n) is 3.73. The molecule has 0 aliphatic heterocycles. The molecule has 0 heterocycles. The second-order valence-corrected chi connectivity index (χ2v) is 5.03. The van der Waals surface area contributed by atoms with Gasteiger partial charge in [-0.15, -0.1) is 12.6 Å². The molecular formula is C8H16N6O4S2. The first-order chi connectivity index (χ1) is 9.00. The number of nitrogens with zero attached hydrogens (tertiary/aromatic N) is 2. The van der Waals surface area contributed by atoms with Crippen LogP contribution in [0.25, 0.3) is 0 Å². The van der Waals surface area contributed by atoms with Gasteiger partial charge >= 0.3 is 11.9 Å². The van der Waals surface area contributed by atoms with Crippen molar-refractivity contribution in [1.29, 1.82) is 0 Å². The smallest absolute Gasteiger partial charge is 0.343 e. The number of aliphatic carboxylic acids is 2. The molecular weight excluding hydrogens is 308 g/mol. The fourth-order valence-corrected chi connectivity index (χ4v) is 1.81. The van der Waals surface area contributed by atoms with E-state index in [1.807, 2.05) is 0 Å². The SMILES string of the molecule is NC(N)=N[C@H](C[C@H](S)[C@](S)(N=C(N)N)C(=O)O)C(=O)O. The number of carboxylic acid groups (broad SMARTS) is 2. The highest BCUT2D eigenvalue weighted by molar-refractivity contribution is 7.86. The van der Waals surface area contributed by atoms with Gasteiger partial charge in [0.25, 0.3) is 0 Å². The predicted molar refractivity (Wildman–Crippen MR) is 79.8 cm³/mol. The highest BCUT2D eigenvalue weighted by atomic mass is 32.1. The Morgan fingerprint density at radius 3 is 1.95 bits per heavy atom. The van der Waals surface area contributed by atoms with Gasteiger partial charge in [0.05, 0.1) is 0 Å². The van der Waals surface area contributed by atoms with Crippen LogP contribution in [-0.2, 0) is 9.59 Å². The molecule has 0 amide bonds. The molecule has 0 fully saturated rings. The molecule has 0 aromatic rings. The Balaban J connectivity index is 5.34. The predicted octanol–water partition coefficient (Wildman–Crippen LogP) is -2.61. The Morgan fingerprint density at radius 2 is 1.65 bits per heavy atom. The van der Waals surface area contributed by atoms with Crippen LogP contribution in [0.2, 0.25) is 0 Å². The standard InChI is InChI=1S/C8H16N6O4S2/c9-6(10)13-2(4(15)16)1-3(19)8(20,5(17)18)14-7(11)12/h2-3,19-20H,1H2,(H,15,16)(H,17,18)(H4,9,10,13)(H4,11,12,14)/t2-,3+,8-/m1/s1. The van der Waals surface area contributed by atoms with E-state index in [9.17, 15) is 9.59 Å². The van der Waals surface area contributed by atoms with Crippen LogP contribution in [0.1, 0.15) is 6.42 Å². The largest absolute Gasteiger partial charge is 0.480 e. The van der Waals surface area contributed by atoms with Crippen LogP contribution >= 0.6 is 25.3 Å². The molecule has 114 valence electrons. The Labute approximate surface area is 125 Å². The Hall–Kier alpha value is -1.82. The van der Waals surface area contributed by atoms with Gasteiger partial charge in [-0.1, -0.05) is 0 Å². The minimum absolute atomic E-state index is 0.358. The summed E-state index contributed by atoms with van der Waals surface area (Å²) in [6.07, 6.45) is -0.358. The second kappa shape index (κ2) is 7.09. The lowest BCUT2D eigenvalue weighted by Gasteiger charge is -2.26. The van der Waals surface area contributed by atoms with Gasteiger partial charge in [0.1, 0.15) is 0 Å². The maximum Gasteiger partial charge on any atom is 0.343 e. The average molecular weight is 324 g/mol. The number of nitrogens with two attached hydrogens (primary N) is 4. The van der Waals surface area contributed by atoms with E-state index in [1.54, 1.807) is 0 Å². The van der Waals surface area contributed by atoms with Crippen molar-refractivity contribution >= 4 is 49.1 Å². The van der Waals surface area contributed by atoms with Gasteiger partial charge in [0, 0.05) is 5.25 Å². The van der Waals surface area contributed by atoms with Crippen LogP contribution in [-0.4, -0.2) is 50.2 Å². The van der Waals surface area contributed by atoms with Crippen LogP contribution in [0.4, 0.5) is 0 Å². The minimum Gasteiger partial charge on any atom is -0.480 e. The van der Waals surface area contributed by atoms with Crippen molar-refractivity contribution < 1.29 is 19.8 Å². The van der Waals surface area contributed by atoms with Crippen LogP contribution in [0.3, 0.4) is 0 Å².